The largest absolute Gasteiger partial charge is 0.506 e. The van der Waals surface area contributed by atoms with Crippen molar-refractivity contribution in [2.75, 3.05) is 11.5 Å². The molecule has 0 bridgehead atoms. The van der Waals surface area contributed by atoms with Crippen LogP contribution in [0.25, 0.3) is 0 Å². The van der Waals surface area contributed by atoms with Gasteiger partial charge in [-0.25, -0.2) is 4.21 Å². The highest BCUT2D eigenvalue weighted by atomic mass is 32.2. The quantitative estimate of drug-likeness (QED) is 0.856. The van der Waals surface area contributed by atoms with Crippen molar-refractivity contribution < 1.29 is 27.3 Å². The molecule has 0 fully saturated rings. The number of amides is 1. The molecular formula is C13H16F3N3O3S. The fourth-order valence-electron chi connectivity index (χ4n) is 2.24. The third-order valence-corrected chi connectivity index (χ3v) is 5.83. The molecule has 1 amide bonds. The van der Waals surface area contributed by atoms with Gasteiger partial charge in [0.1, 0.15) is 5.75 Å². The van der Waals surface area contributed by atoms with Crippen LogP contribution < -0.4 is 5.73 Å². The van der Waals surface area contributed by atoms with E-state index in [-0.39, 0.29) is 29.4 Å². The van der Waals surface area contributed by atoms with E-state index in [0.717, 1.165) is 18.3 Å². The van der Waals surface area contributed by atoms with E-state index in [2.05, 4.69) is 9.35 Å². The molecule has 2 rings (SSSR count). The second-order valence-electron chi connectivity index (χ2n) is 5.33. The molecule has 128 valence electrons. The van der Waals surface area contributed by atoms with Gasteiger partial charge in [-0.3, -0.25) is 9.78 Å². The lowest BCUT2D eigenvalue weighted by atomic mass is 10.0. The van der Waals surface area contributed by atoms with Crippen LogP contribution in [0.5, 0.6) is 5.75 Å². The smallest absolute Gasteiger partial charge is 0.397 e. The summed E-state index contributed by atoms with van der Waals surface area (Å²) in [5.41, 5.74) is 5.17. The number of rotatable bonds is 4. The molecule has 0 spiro atoms. The van der Waals surface area contributed by atoms with Crippen LogP contribution in [0.3, 0.4) is 0 Å². The number of pyridine rings is 1. The standard InChI is InChI=1S/C13H16F3N3O3S/c14-13(15,16)9(11-2-1-8(20)7-18-11)3-5-23(22)6-4-10(17)12(21)19-23/h1-2,7,9-10,20H,3-6,17H2/t9?,10-,23?/m0/s1. The summed E-state index contributed by atoms with van der Waals surface area (Å²) in [7, 11) is -3.03. The summed E-state index contributed by atoms with van der Waals surface area (Å²) in [4.78, 5) is 15.0. The topological polar surface area (TPSA) is 106 Å². The molecule has 1 aromatic rings. The summed E-state index contributed by atoms with van der Waals surface area (Å²) in [6, 6.07) is 1.34. The van der Waals surface area contributed by atoms with Gasteiger partial charge >= 0.3 is 6.18 Å². The van der Waals surface area contributed by atoms with Crippen LogP contribution in [0.1, 0.15) is 24.5 Å². The molecule has 0 saturated carbocycles. The van der Waals surface area contributed by atoms with Crippen LogP contribution in [0, 0.1) is 0 Å². The highest BCUT2D eigenvalue weighted by Crippen LogP contribution is 2.37. The molecule has 1 aromatic heterocycles. The molecule has 0 radical (unpaired) electrons. The van der Waals surface area contributed by atoms with Crippen molar-refractivity contribution in [1.82, 2.24) is 4.98 Å². The maximum absolute atomic E-state index is 13.2. The van der Waals surface area contributed by atoms with E-state index in [1.54, 1.807) is 0 Å². The summed E-state index contributed by atoms with van der Waals surface area (Å²) < 4.78 is 55.5. The van der Waals surface area contributed by atoms with Crippen LogP contribution in [-0.4, -0.2) is 43.9 Å². The number of aromatic nitrogens is 1. The van der Waals surface area contributed by atoms with Gasteiger partial charge in [0.25, 0.3) is 5.91 Å². The van der Waals surface area contributed by atoms with Gasteiger partial charge in [-0.05, 0) is 25.0 Å². The van der Waals surface area contributed by atoms with E-state index < -0.39 is 40.2 Å². The van der Waals surface area contributed by atoms with Crippen molar-refractivity contribution in [2.45, 2.75) is 31.0 Å². The number of halogens is 3. The van der Waals surface area contributed by atoms with Crippen molar-refractivity contribution >= 4 is 15.6 Å². The lowest BCUT2D eigenvalue weighted by Crippen LogP contribution is -2.37. The predicted molar refractivity (Wildman–Crippen MR) is 77.2 cm³/mol. The molecule has 2 unspecified atom stereocenters. The second-order valence-corrected chi connectivity index (χ2v) is 7.87. The van der Waals surface area contributed by atoms with E-state index >= 15 is 0 Å². The molecule has 2 heterocycles. The van der Waals surface area contributed by atoms with Gasteiger partial charge in [-0.15, -0.1) is 0 Å². The normalized spacial score (nSPS) is 26.6. The van der Waals surface area contributed by atoms with Gasteiger partial charge in [0, 0.05) is 11.5 Å². The Morgan fingerprint density at radius 1 is 1.43 bits per heavy atom. The molecule has 1 aliphatic rings. The van der Waals surface area contributed by atoms with Gasteiger partial charge in [0.05, 0.1) is 33.6 Å². The summed E-state index contributed by atoms with van der Waals surface area (Å²) in [6.07, 6.45) is -4.03. The number of nitrogens with zero attached hydrogens (tertiary/aromatic N) is 2. The lowest BCUT2D eigenvalue weighted by molar-refractivity contribution is -0.151. The summed E-state index contributed by atoms with van der Waals surface area (Å²) >= 11 is 0. The van der Waals surface area contributed by atoms with Crippen molar-refractivity contribution in [3.63, 3.8) is 0 Å². The lowest BCUT2D eigenvalue weighted by Gasteiger charge is -2.22. The average Bonchev–Trinajstić information content (AvgIpc) is 2.44. The maximum atomic E-state index is 13.2. The minimum absolute atomic E-state index is 0.00743. The van der Waals surface area contributed by atoms with E-state index in [0.29, 0.717) is 0 Å². The highest BCUT2D eigenvalue weighted by molar-refractivity contribution is 7.93. The van der Waals surface area contributed by atoms with E-state index in [1.807, 2.05) is 0 Å². The number of carbonyl (C=O) groups is 1. The van der Waals surface area contributed by atoms with Gasteiger partial charge in [-0.1, -0.05) is 0 Å². The molecule has 3 N–H and O–H groups in total. The maximum Gasteiger partial charge on any atom is 0.397 e. The van der Waals surface area contributed by atoms with Crippen molar-refractivity contribution in [3.05, 3.63) is 24.0 Å². The summed E-state index contributed by atoms with van der Waals surface area (Å²) in [5.74, 6) is -3.27. The fourth-order valence-corrected chi connectivity index (χ4v) is 4.32. The van der Waals surface area contributed by atoms with Crippen LogP contribution in [0.4, 0.5) is 13.2 Å². The first-order chi connectivity index (χ1) is 10.6. The molecule has 0 aromatic carbocycles. The zero-order valence-electron chi connectivity index (χ0n) is 12.0. The SMILES string of the molecule is N[C@H]1CCS(=O)(CCC(c2ccc(O)cn2)C(F)(F)F)=NC1=O. The zero-order chi connectivity index (χ0) is 17.3. The van der Waals surface area contributed by atoms with Gasteiger partial charge in [0.15, 0.2) is 0 Å². The molecule has 6 nitrogen and oxygen atoms in total. The second kappa shape index (κ2) is 6.44. The first kappa shape index (κ1) is 17.7. The number of alkyl halides is 3. The minimum atomic E-state index is -4.59. The highest BCUT2D eigenvalue weighted by Gasteiger charge is 2.42. The Kier molecular flexibility index (Phi) is 4.95. The average molecular weight is 351 g/mol. The van der Waals surface area contributed by atoms with Crippen molar-refractivity contribution in [3.8, 4) is 5.75 Å². The third kappa shape index (κ3) is 4.41. The Hall–Kier alpha value is -1.68. The Labute approximate surface area is 131 Å². The molecule has 10 heteroatoms. The Morgan fingerprint density at radius 2 is 2.13 bits per heavy atom. The van der Waals surface area contributed by atoms with Crippen LogP contribution in [-0.2, 0) is 14.5 Å². The summed E-state index contributed by atoms with van der Waals surface area (Å²) in [6.45, 7) is 0. The minimum Gasteiger partial charge on any atom is -0.506 e. The van der Waals surface area contributed by atoms with Crippen LogP contribution in [0.15, 0.2) is 22.7 Å². The number of nitrogens with two attached hydrogens (primary N) is 1. The molecule has 0 saturated heterocycles. The van der Waals surface area contributed by atoms with Crippen molar-refractivity contribution in [2.24, 2.45) is 10.1 Å². The molecule has 1 aliphatic heterocycles. The Bertz CT molecular complexity index is 697. The summed E-state index contributed by atoms with van der Waals surface area (Å²) in [5, 5.41) is 9.12. The van der Waals surface area contributed by atoms with Crippen molar-refractivity contribution in [1.29, 1.82) is 0 Å². The fraction of sp³-hybridized carbons (Fsp3) is 0.538. The Morgan fingerprint density at radius 3 is 2.65 bits per heavy atom. The van der Waals surface area contributed by atoms with Gasteiger partial charge in [0.2, 0.25) is 0 Å². The first-order valence-electron chi connectivity index (χ1n) is 6.84. The molecular weight excluding hydrogens is 335 g/mol. The number of hydrogen-bond acceptors (Lipinski definition) is 5. The van der Waals surface area contributed by atoms with Crippen LogP contribution >= 0.6 is 0 Å². The van der Waals surface area contributed by atoms with E-state index in [9.17, 15) is 22.2 Å². The Balaban J connectivity index is 2.20. The number of aromatic hydroxyl groups is 1. The molecule has 0 aliphatic carbocycles. The number of carbonyl (C=O) groups excluding carboxylic acids is 1. The van der Waals surface area contributed by atoms with Crippen LogP contribution in [0.2, 0.25) is 0 Å². The van der Waals surface area contributed by atoms with E-state index in [1.165, 1.54) is 0 Å². The molecule has 23 heavy (non-hydrogen) atoms. The third-order valence-electron chi connectivity index (χ3n) is 3.57. The van der Waals surface area contributed by atoms with Gasteiger partial charge < -0.3 is 10.8 Å². The van der Waals surface area contributed by atoms with E-state index in [4.69, 9.17) is 10.8 Å². The first-order valence-corrected chi connectivity index (χ1v) is 8.70. The molecule has 3 atom stereocenters. The van der Waals surface area contributed by atoms with Gasteiger partial charge in [-0.2, -0.15) is 17.5 Å². The predicted octanol–water partition coefficient (Wildman–Crippen LogP) is 1.55. The number of hydrogen-bond donors (Lipinski definition) is 2. The zero-order valence-corrected chi connectivity index (χ0v) is 12.8. The monoisotopic (exact) mass is 351 g/mol.